The van der Waals surface area contributed by atoms with Gasteiger partial charge in [0.25, 0.3) is 0 Å². The zero-order chi connectivity index (χ0) is 62.4. The molecule has 498 valence electrons. The van der Waals surface area contributed by atoms with Crippen LogP contribution in [0.4, 0.5) is 0 Å². The van der Waals surface area contributed by atoms with Crippen LogP contribution in [0.15, 0.2) is 0 Å². The van der Waals surface area contributed by atoms with Gasteiger partial charge in [-0.1, -0.05) is 267 Å². The summed E-state index contributed by atoms with van der Waals surface area (Å²) in [4.78, 5) is 72.2. The molecule has 0 saturated heterocycles. The fourth-order valence-corrected chi connectivity index (χ4v) is 11.2. The minimum Gasteiger partial charge on any atom is -0.462 e. The normalized spacial score (nSPS) is 14.7. The number of hydrogen-bond donors (Lipinski definition) is 3. The Balaban J connectivity index is 5.23. The number of unbranched alkanes of at least 4 members (excludes halogenated alkanes) is 30. The molecule has 0 radical (unpaired) electrons. The molecule has 0 aromatic heterocycles. The Hall–Kier alpha value is -1.94. The largest absolute Gasteiger partial charge is 0.472 e. The Morgan fingerprint density at radius 1 is 0.345 bits per heavy atom. The summed E-state index contributed by atoms with van der Waals surface area (Å²) < 4.78 is 68.0. The second kappa shape index (κ2) is 56.3. The summed E-state index contributed by atoms with van der Waals surface area (Å²) in [5.41, 5.74) is 0. The highest BCUT2D eigenvalue weighted by Gasteiger charge is 2.30. The number of hydrogen-bond acceptors (Lipinski definition) is 15. The maximum Gasteiger partial charge on any atom is 0.472 e. The van der Waals surface area contributed by atoms with Crippen LogP contribution in [0.2, 0.25) is 0 Å². The zero-order valence-corrected chi connectivity index (χ0v) is 56.1. The highest BCUT2D eigenvalue weighted by molar-refractivity contribution is 7.47. The molecule has 0 aliphatic carbocycles. The molecule has 0 bridgehead atoms. The van der Waals surface area contributed by atoms with Crippen LogP contribution in [0.25, 0.3) is 0 Å². The number of aliphatic hydroxyl groups is 1. The molecule has 3 unspecified atom stereocenters. The van der Waals surface area contributed by atoms with E-state index in [2.05, 4.69) is 48.5 Å². The molecule has 0 amide bonds. The lowest BCUT2D eigenvalue weighted by Crippen LogP contribution is -2.30. The topological polar surface area (TPSA) is 237 Å². The molecule has 0 fully saturated rings. The number of aliphatic hydroxyl groups excluding tert-OH is 1. The molecule has 0 heterocycles. The minimum absolute atomic E-state index is 0.102. The van der Waals surface area contributed by atoms with E-state index in [0.29, 0.717) is 31.6 Å². The van der Waals surface area contributed by atoms with Crippen LogP contribution in [-0.2, 0) is 65.4 Å². The quantitative estimate of drug-likeness (QED) is 0.0222. The Morgan fingerprint density at radius 3 is 0.905 bits per heavy atom. The lowest BCUT2D eigenvalue weighted by Gasteiger charge is -2.21. The highest BCUT2D eigenvalue weighted by atomic mass is 31.2. The summed E-state index contributed by atoms with van der Waals surface area (Å²) in [5.74, 6) is 0.0640. The van der Waals surface area contributed by atoms with Gasteiger partial charge in [-0.05, 0) is 43.4 Å². The third-order valence-electron chi connectivity index (χ3n) is 15.2. The first-order chi connectivity index (χ1) is 40.3. The van der Waals surface area contributed by atoms with Crippen molar-refractivity contribution in [2.24, 2.45) is 17.8 Å². The molecule has 0 aromatic rings. The standard InChI is InChI=1S/C65H126O17P2/c1-8-10-11-12-13-18-24-32-39-46-62(67)75-53-61(82-65(70)49-42-35-28-27-31-38-45-58(7)9-2)55-80-84(73,74)78-51-59(66)50-77-83(71,72)79-54-60(52-76-63(68)47-40-33-26-21-23-30-37-44-57(5)6)81-64(69)48-41-34-25-20-17-15-14-16-19-22-29-36-43-56(3)4/h56-61,66H,8-55H2,1-7H3,(H,71,72)(H,73,74)/t58?,59-,60-,61-/m1/s1. The van der Waals surface area contributed by atoms with Crippen LogP contribution < -0.4 is 0 Å². The SMILES string of the molecule is CCCCCCCCCCCC(=O)OC[C@H](COP(=O)(O)OC[C@H](O)COP(=O)(O)OC[C@@H](COC(=O)CCCCCCCCCC(C)C)OC(=O)CCCCCCCCCCCCCCC(C)C)OC(=O)CCCCCCCCC(C)CC. The van der Waals surface area contributed by atoms with Gasteiger partial charge in [-0.25, -0.2) is 9.13 Å². The molecule has 0 aliphatic rings. The first-order valence-electron chi connectivity index (χ1n) is 33.9. The second-order valence-corrected chi connectivity index (χ2v) is 27.6. The van der Waals surface area contributed by atoms with Crippen molar-refractivity contribution in [2.75, 3.05) is 39.6 Å². The first-order valence-corrected chi connectivity index (χ1v) is 36.9. The van der Waals surface area contributed by atoms with E-state index in [4.69, 9.17) is 37.0 Å². The molecule has 6 atom stereocenters. The molecule has 0 saturated carbocycles. The van der Waals surface area contributed by atoms with E-state index >= 15 is 0 Å². The summed E-state index contributed by atoms with van der Waals surface area (Å²) in [7, 11) is -9.89. The number of carbonyl (C=O) groups is 4. The fraction of sp³-hybridized carbons (Fsp3) is 0.938. The van der Waals surface area contributed by atoms with Crippen LogP contribution in [0.1, 0.15) is 318 Å². The number of esters is 4. The van der Waals surface area contributed by atoms with Crippen LogP contribution in [-0.4, -0.2) is 96.7 Å². The van der Waals surface area contributed by atoms with Gasteiger partial charge in [0, 0.05) is 25.7 Å². The maximum absolute atomic E-state index is 13.0. The number of carbonyl (C=O) groups excluding carboxylic acids is 4. The van der Waals surface area contributed by atoms with Crippen LogP contribution >= 0.6 is 15.6 Å². The molecular weight excluding hydrogens is 1110 g/mol. The number of rotatable bonds is 63. The minimum atomic E-state index is -4.95. The van der Waals surface area contributed by atoms with Crippen LogP contribution in [0, 0.1) is 17.8 Å². The zero-order valence-electron chi connectivity index (χ0n) is 54.4. The fourth-order valence-electron chi connectivity index (χ4n) is 9.62. The van der Waals surface area contributed by atoms with Gasteiger partial charge in [0.15, 0.2) is 12.2 Å². The summed E-state index contributed by atoms with van der Waals surface area (Å²) in [6.45, 7) is 11.7. The van der Waals surface area contributed by atoms with Gasteiger partial charge in [0.05, 0.1) is 26.4 Å². The third-order valence-corrected chi connectivity index (χ3v) is 17.1. The first kappa shape index (κ1) is 82.1. The van der Waals surface area contributed by atoms with Crippen molar-refractivity contribution < 1.29 is 80.2 Å². The monoisotopic (exact) mass is 1240 g/mol. The number of ether oxygens (including phenoxy) is 4. The van der Waals surface area contributed by atoms with Gasteiger partial charge in [-0.3, -0.25) is 37.3 Å². The average Bonchev–Trinajstić information content (AvgIpc) is 3.57. The Bertz CT molecular complexity index is 1670. The summed E-state index contributed by atoms with van der Waals surface area (Å²) >= 11 is 0. The maximum atomic E-state index is 13.0. The number of phosphoric ester groups is 2. The molecule has 0 spiro atoms. The lowest BCUT2D eigenvalue weighted by atomic mass is 10.00. The van der Waals surface area contributed by atoms with Crippen molar-refractivity contribution >= 4 is 39.5 Å². The Morgan fingerprint density at radius 2 is 0.607 bits per heavy atom. The van der Waals surface area contributed by atoms with Gasteiger partial charge in [-0.2, -0.15) is 0 Å². The average molecular weight is 1240 g/mol. The van der Waals surface area contributed by atoms with E-state index in [1.807, 2.05) is 0 Å². The van der Waals surface area contributed by atoms with Crippen molar-refractivity contribution in [3.05, 3.63) is 0 Å². The van der Waals surface area contributed by atoms with E-state index < -0.39 is 97.5 Å². The van der Waals surface area contributed by atoms with Crippen molar-refractivity contribution in [3.63, 3.8) is 0 Å². The van der Waals surface area contributed by atoms with Crippen molar-refractivity contribution in [1.29, 1.82) is 0 Å². The summed E-state index contributed by atoms with van der Waals surface area (Å²) in [6, 6.07) is 0. The van der Waals surface area contributed by atoms with Crippen molar-refractivity contribution in [2.45, 2.75) is 336 Å². The predicted octanol–water partition coefficient (Wildman–Crippen LogP) is 17.9. The second-order valence-electron chi connectivity index (χ2n) is 24.7. The van der Waals surface area contributed by atoms with Crippen molar-refractivity contribution in [3.8, 4) is 0 Å². The molecular formula is C65H126O17P2. The van der Waals surface area contributed by atoms with Gasteiger partial charge in [0.1, 0.15) is 19.3 Å². The van der Waals surface area contributed by atoms with E-state index in [9.17, 15) is 43.2 Å². The van der Waals surface area contributed by atoms with Gasteiger partial charge < -0.3 is 33.8 Å². The summed E-state index contributed by atoms with van der Waals surface area (Å²) in [5, 5.41) is 10.5. The molecule has 3 N–H and O–H groups in total. The van der Waals surface area contributed by atoms with E-state index in [1.165, 1.54) is 122 Å². The van der Waals surface area contributed by atoms with Crippen LogP contribution in [0.5, 0.6) is 0 Å². The summed E-state index contributed by atoms with van der Waals surface area (Å²) in [6.07, 6.45) is 37.7. The molecule has 19 heteroatoms. The molecule has 84 heavy (non-hydrogen) atoms. The molecule has 0 aromatic carbocycles. The van der Waals surface area contributed by atoms with Gasteiger partial charge in [-0.15, -0.1) is 0 Å². The molecule has 0 rings (SSSR count). The Kier molecular flexibility index (Phi) is 55.0. The van der Waals surface area contributed by atoms with E-state index in [1.54, 1.807) is 0 Å². The Labute approximate surface area is 511 Å². The third kappa shape index (κ3) is 57.8. The van der Waals surface area contributed by atoms with E-state index in [0.717, 1.165) is 108 Å². The van der Waals surface area contributed by atoms with E-state index in [-0.39, 0.29) is 25.7 Å². The molecule has 17 nitrogen and oxygen atoms in total. The van der Waals surface area contributed by atoms with Crippen molar-refractivity contribution in [1.82, 2.24) is 0 Å². The van der Waals surface area contributed by atoms with Gasteiger partial charge >= 0.3 is 39.5 Å². The lowest BCUT2D eigenvalue weighted by molar-refractivity contribution is -0.161. The molecule has 0 aliphatic heterocycles. The predicted molar refractivity (Wildman–Crippen MR) is 335 cm³/mol. The smallest absolute Gasteiger partial charge is 0.462 e. The van der Waals surface area contributed by atoms with Crippen LogP contribution in [0.3, 0.4) is 0 Å². The van der Waals surface area contributed by atoms with Gasteiger partial charge in [0.2, 0.25) is 0 Å². The number of phosphoric acid groups is 2. The highest BCUT2D eigenvalue weighted by Crippen LogP contribution is 2.45.